The summed E-state index contributed by atoms with van der Waals surface area (Å²) in [6, 6.07) is 0.418. The molecule has 6 unspecified atom stereocenters. The molecule has 0 heterocycles. The third-order valence-corrected chi connectivity index (χ3v) is 8.10. The molecule has 1 heteroatoms. The first-order valence-electron chi connectivity index (χ1n) is 9.08. The van der Waals surface area contributed by atoms with Crippen molar-refractivity contribution >= 4 is 0 Å². The highest BCUT2D eigenvalue weighted by atomic mass is 14.7. The fourth-order valence-corrected chi connectivity index (χ4v) is 6.60. The van der Waals surface area contributed by atoms with E-state index in [1.807, 2.05) is 0 Å². The highest BCUT2D eigenvalue weighted by Gasteiger charge is 2.56. The second-order valence-electron chi connectivity index (χ2n) is 8.86. The maximum atomic E-state index is 6.24. The second-order valence-corrected chi connectivity index (χ2v) is 8.86. The molecule has 1 nitrogen and oxygen atoms in total. The molecule has 4 aliphatic rings. The minimum absolute atomic E-state index is 0.418. The lowest BCUT2D eigenvalue weighted by Gasteiger charge is -2.57. The molecule has 0 saturated heterocycles. The van der Waals surface area contributed by atoms with Crippen LogP contribution in [-0.4, -0.2) is 6.04 Å². The van der Waals surface area contributed by atoms with Crippen molar-refractivity contribution in [3.8, 4) is 0 Å². The summed E-state index contributed by atoms with van der Waals surface area (Å²) in [4.78, 5) is 0. The third-order valence-electron chi connectivity index (χ3n) is 8.10. The standard InChI is InChI=1S/C20H31N/c1-13-4-7-17-16-6-5-14-12-15(21)8-10-20(14,3)18(16)9-11-19(13,17)2/h5,15-18H,1,4,6-12,21H2,2-3H3. The van der Waals surface area contributed by atoms with Crippen molar-refractivity contribution < 1.29 is 0 Å². The van der Waals surface area contributed by atoms with Crippen LogP contribution in [-0.2, 0) is 0 Å². The predicted molar refractivity (Wildman–Crippen MR) is 88.8 cm³/mol. The minimum Gasteiger partial charge on any atom is -0.327 e. The third kappa shape index (κ3) is 1.79. The zero-order valence-corrected chi connectivity index (χ0v) is 13.8. The van der Waals surface area contributed by atoms with Crippen molar-refractivity contribution in [1.29, 1.82) is 0 Å². The smallest absolute Gasteiger partial charge is 0.00766 e. The first-order chi connectivity index (χ1) is 9.95. The SMILES string of the molecule is C=C1CCC2C3CC=C4CC(N)CCC4(C)C3CCC12C. The van der Waals surface area contributed by atoms with Crippen LogP contribution in [0.3, 0.4) is 0 Å². The molecule has 3 saturated carbocycles. The highest BCUT2D eigenvalue weighted by Crippen LogP contribution is 2.65. The minimum atomic E-state index is 0.418. The Kier molecular flexibility index (Phi) is 2.99. The van der Waals surface area contributed by atoms with Crippen molar-refractivity contribution in [2.75, 3.05) is 0 Å². The Labute approximate surface area is 130 Å². The molecule has 0 bridgehead atoms. The molecule has 0 spiro atoms. The van der Waals surface area contributed by atoms with Gasteiger partial charge in [-0.15, -0.1) is 0 Å². The van der Waals surface area contributed by atoms with Crippen molar-refractivity contribution in [2.45, 2.75) is 71.3 Å². The molecule has 0 aromatic carbocycles. The first-order valence-corrected chi connectivity index (χ1v) is 9.08. The van der Waals surface area contributed by atoms with Gasteiger partial charge in [0, 0.05) is 6.04 Å². The van der Waals surface area contributed by atoms with E-state index in [1.54, 1.807) is 11.1 Å². The molecule has 2 N–H and O–H groups in total. The molecule has 21 heavy (non-hydrogen) atoms. The summed E-state index contributed by atoms with van der Waals surface area (Å²) in [7, 11) is 0. The summed E-state index contributed by atoms with van der Waals surface area (Å²) in [5, 5.41) is 0. The van der Waals surface area contributed by atoms with E-state index < -0.39 is 0 Å². The average Bonchev–Trinajstić information content (AvgIpc) is 2.76. The van der Waals surface area contributed by atoms with Crippen LogP contribution in [0.4, 0.5) is 0 Å². The molecule has 4 aliphatic carbocycles. The van der Waals surface area contributed by atoms with Crippen LogP contribution in [0, 0.1) is 28.6 Å². The molecule has 4 rings (SSSR count). The van der Waals surface area contributed by atoms with Gasteiger partial charge in [0.05, 0.1) is 0 Å². The number of fused-ring (bicyclic) bond motifs is 5. The van der Waals surface area contributed by atoms with Gasteiger partial charge in [-0.1, -0.05) is 37.6 Å². The van der Waals surface area contributed by atoms with Gasteiger partial charge in [0.1, 0.15) is 0 Å². The number of nitrogens with two attached hydrogens (primary N) is 1. The van der Waals surface area contributed by atoms with Gasteiger partial charge in [-0.2, -0.15) is 0 Å². The van der Waals surface area contributed by atoms with Gasteiger partial charge in [-0.05, 0) is 80.0 Å². The summed E-state index contributed by atoms with van der Waals surface area (Å²) in [6.45, 7) is 9.50. The lowest BCUT2D eigenvalue weighted by atomic mass is 9.48. The van der Waals surface area contributed by atoms with E-state index in [1.165, 1.54) is 44.9 Å². The van der Waals surface area contributed by atoms with Crippen LogP contribution in [0.15, 0.2) is 23.8 Å². The van der Waals surface area contributed by atoms with Gasteiger partial charge in [0.2, 0.25) is 0 Å². The molecule has 3 fully saturated rings. The molecule has 6 atom stereocenters. The maximum Gasteiger partial charge on any atom is 0.00766 e. The molecule has 0 amide bonds. The second kappa shape index (κ2) is 4.47. The molecule has 0 aliphatic heterocycles. The van der Waals surface area contributed by atoms with Crippen LogP contribution < -0.4 is 5.73 Å². The van der Waals surface area contributed by atoms with Crippen LogP contribution in [0.1, 0.15) is 65.2 Å². The number of hydrogen-bond acceptors (Lipinski definition) is 1. The van der Waals surface area contributed by atoms with Crippen LogP contribution in [0.5, 0.6) is 0 Å². The average molecular weight is 285 g/mol. The van der Waals surface area contributed by atoms with Crippen molar-refractivity contribution in [3.63, 3.8) is 0 Å². The fraction of sp³-hybridized carbons (Fsp3) is 0.800. The summed E-state index contributed by atoms with van der Waals surface area (Å²) in [6.07, 6.45) is 13.1. The van der Waals surface area contributed by atoms with Gasteiger partial charge in [-0.3, -0.25) is 0 Å². The normalized spacial score (nSPS) is 52.7. The largest absolute Gasteiger partial charge is 0.327 e. The van der Waals surface area contributed by atoms with E-state index in [4.69, 9.17) is 5.73 Å². The maximum absolute atomic E-state index is 6.24. The summed E-state index contributed by atoms with van der Waals surface area (Å²) in [5.74, 6) is 2.72. The lowest BCUT2D eigenvalue weighted by molar-refractivity contribution is -0.0148. The lowest BCUT2D eigenvalue weighted by Crippen LogP contribution is -2.50. The van der Waals surface area contributed by atoms with Gasteiger partial charge in [0.15, 0.2) is 0 Å². The molecular weight excluding hydrogens is 254 g/mol. The van der Waals surface area contributed by atoms with E-state index >= 15 is 0 Å². The molecule has 116 valence electrons. The van der Waals surface area contributed by atoms with E-state index in [2.05, 4.69) is 26.5 Å². The zero-order chi connectivity index (χ0) is 14.8. The Hall–Kier alpha value is -0.560. The van der Waals surface area contributed by atoms with Gasteiger partial charge < -0.3 is 5.73 Å². The van der Waals surface area contributed by atoms with Gasteiger partial charge in [-0.25, -0.2) is 0 Å². The van der Waals surface area contributed by atoms with E-state index in [0.29, 0.717) is 16.9 Å². The topological polar surface area (TPSA) is 26.0 Å². The summed E-state index contributed by atoms with van der Waals surface area (Å²) < 4.78 is 0. The van der Waals surface area contributed by atoms with E-state index in [9.17, 15) is 0 Å². The quantitative estimate of drug-likeness (QED) is 0.634. The van der Waals surface area contributed by atoms with Crippen molar-refractivity contribution in [2.24, 2.45) is 34.3 Å². The number of allylic oxidation sites excluding steroid dienone is 2. The molecule has 0 aromatic rings. The summed E-state index contributed by atoms with van der Waals surface area (Å²) in [5.41, 5.74) is 10.4. The van der Waals surface area contributed by atoms with Crippen LogP contribution >= 0.6 is 0 Å². The Morgan fingerprint density at radius 2 is 1.81 bits per heavy atom. The summed E-state index contributed by atoms with van der Waals surface area (Å²) >= 11 is 0. The van der Waals surface area contributed by atoms with E-state index in [0.717, 1.165) is 24.2 Å². The highest BCUT2D eigenvalue weighted by molar-refractivity contribution is 5.28. The fourth-order valence-electron chi connectivity index (χ4n) is 6.60. The van der Waals surface area contributed by atoms with Gasteiger partial charge in [0.25, 0.3) is 0 Å². The Morgan fingerprint density at radius 1 is 1.10 bits per heavy atom. The Balaban J connectivity index is 1.69. The molecule has 0 radical (unpaired) electrons. The Bertz CT molecular complexity index is 504. The number of hydrogen-bond donors (Lipinski definition) is 1. The van der Waals surface area contributed by atoms with Gasteiger partial charge >= 0.3 is 0 Å². The monoisotopic (exact) mass is 285 g/mol. The molecule has 0 aromatic heterocycles. The number of rotatable bonds is 0. The van der Waals surface area contributed by atoms with Crippen molar-refractivity contribution in [3.05, 3.63) is 23.8 Å². The predicted octanol–water partition coefficient (Wildman–Crippen LogP) is 4.83. The van der Waals surface area contributed by atoms with Crippen LogP contribution in [0.25, 0.3) is 0 Å². The Morgan fingerprint density at radius 3 is 2.62 bits per heavy atom. The zero-order valence-electron chi connectivity index (χ0n) is 13.8. The van der Waals surface area contributed by atoms with E-state index in [-0.39, 0.29) is 0 Å². The van der Waals surface area contributed by atoms with Crippen LogP contribution in [0.2, 0.25) is 0 Å². The van der Waals surface area contributed by atoms with Crippen molar-refractivity contribution in [1.82, 2.24) is 0 Å². The first kappa shape index (κ1) is 14.1. The molecular formula is C20H31N.